The Morgan fingerprint density at radius 2 is 1.82 bits per heavy atom. The third-order valence-corrected chi connectivity index (χ3v) is 4.50. The summed E-state index contributed by atoms with van der Waals surface area (Å²) in [6, 6.07) is 11.8. The number of esters is 1. The fourth-order valence-electron chi connectivity index (χ4n) is 2.41. The van der Waals surface area contributed by atoms with Crippen molar-refractivity contribution < 1.29 is 19.1 Å². The van der Waals surface area contributed by atoms with E-state index in [1.54, 1.807) is 6.07 Å². The highest BCUT2D eigenvalue weighted by molar-refractivity contribution is 6.36. The SMILES string of the molecule is CCc1ccccc1NC(=O)CN(C)C(=O)COC(=O)c1ccc(Cl)cc1Cl. The standard InChI is InChI=1S/C20H20Cl2N2O4/c1-3-13-6-4-5-7-17(13)23-18(25)11-24(2)19(26)12-28-20(27)15-9-8-14(21)10-16(15)22/h4-10H,3,11-12H2,1-2H3,(H,23,25). The average molecular weight is 423 g/mol. The number of anilines is 1. The largest absolute Gasteiger partial charge is 0.452 e. The second-order valence-corrected chi connectivity index (χ2v) is 6.85. The maximum atomic E-state index is 12.2. The summed E-state index contributed by atoms with van der Waals surface area (Å²) in [7, 11) is 1.46. The molecule has 2 aromatic rings. The molecule has 0 unspecified atom stereocenters. The molecule has 8 heteroatoms. The Kier molecular flexibility index (Phi) is 7.84. The van der Waals surface area contributed by atoms with E-state index < -0.39 is 18.5 Å². The molecule has 6 nitrogen and oxygen atoms in total. The zero-order valence-corrected chi connectivity index (χ0v) is 17.0. The van der Waals surface area contributed by atoms with Gasteiger partial charge < -0.3 is 15.0 Å². The Bertz CT molecular complexity index is 886. The van der Waals surface area contributed by atoms with Crippen LogP contribution in [0.5, 0.6) is 0 Å². The minimum Gasteiger partial charge on any atom is -0.452 e. The highest BCUT2D eigenvalue weighted by atomic mass is 35.5. The molecule has 2 aromatic carbocycles. The van der Waals surface area contributed by atoms with Gasteiger partial charge in [-0.1, -0.05) is 48.3 Å². The third kappa shape index (κ3) is 5.97. The number of hydrogen-bond donors (Lipinski definition) is 1. The van der Waals surface area contributed by atoms with Crippen LogP contribution in [0.1, 0.15) is 22.8 Å². The van der Waals surface area contributed by atoms with Crippen LogP contribution >= 0.6 is 23.2 Å². The van der Waals surface area contributed by atoms with E-state index in [2.05, 4.69) is 5.32 Å². The van der Waals surface area contributed by atoms with Gasteiger partial charge in [0.05, 0.1) is 17.1 Å². The van der Waals surface area contributed by atoms with Crippen LogP contribution in [-0.4, -0.2) is 42.9 Å². The first-order valence-electron chi connectivity index (χ1n) is 8.55. The summed E-state index contributed by atoms with van der Waals surface area (Å²) in [6.45, 7) is 1.31. The molecule has 0 spiro atoms. The molecule has 1 N–H and O–H groups in total. The van der Waals surface area contributed by atoms with Gasteiger partial charge in [0.15, 0.2) is 6.61 Å². The van der Waals surface area contributed by atoms with E-state index in [9.17, 15) is 14.4 Å². The van der Waals surface area contributed by atoms with Gasteiger partial charge in [-0.3, -0.25) is 9.59 Å². The summed E-state index contributed by atoms with van der Waals surface area (Å²) < 4.78 is 4.98. The average Bonchev–Trinajstić information content (AvgIpc) is 2.66. The lowest BCUT2D eigenvalue weighted by Gasteiger charge is -2.17. The van der Waals surface area contributed by atoms with Crippen molar-refractivity contribution in [3.8, 4) is 0 Å². The first kappa shape index (κ1) is 21.7. The molecule has 0 heterocycles. The lowest BCUT2D eigenvalue weighted by Crippen LogP contribution is -2.37. The smallest absolute Gasteiger partial charge is 0.340 e. The van der Waals surface area contributed by atoms with Crippen LogP contribution in [0.15, 0.2) is 42.5 Å². The fourth-order valence-corrected chi connectivity index (χ4v) is 2.90. The lowest BCUT2D eigenvalue weighted by molar-refractivity contribution is -0.136. The van der Waals surface area contributed by atoms with Gasteiger partial charge in [-0.15, -0.1) is 0 Å². The van der Waals surface area contributed by atoms with Gasteiger partial charge in [-0.2, -0.15) is 0 Å². The highest BCUT2D eigenvalue weighted by Gasteiger charge is 2.18. The molecular formula is C20H20Cl2N2O4. The molecular weight excluding hydrogens is 403 g/mol. The molecule has 2 rings (SSSR count). The number of rotatable bonds is 7. The van der Waals surface area contributed by atoms with E-state index in [1.165, 1.54) is 30.1 Å². The van der Waals surface area contributed by atoms with E-state index in [1.807, 2.05) is 25.1 Å². The van der Waals surface area contributed by atoms with Crippen LogP contribution in [0, 0.1) is 0 Å². The van der Waals surface area contributed by atoms with Crippen molar-refractivity contribution in [1.29, 1.82) is 0 Å². The number of aryl methyl sites for hydroxylation is 1. The molecule has 0 aliphatic rings. The minimum atomic E-state index is -0.746. The van der Waals surface area contributed by atoms with E-state index >= 15 is 0 Å². The Morgan fingerprint density at radius 1 is 1.11 bits per heavy atom. The Labute approximate surface area is 173 Å². The summed E-state index contributed by atoms with van der Waals surface area (Å²) in [5.41, 5.74) is 1.81. The Morgan fingerprint density at radius 3 is 2.50 bits per heavy atom. The third-order valence-electron chi connectivity index (χ3n) is 3.96. The van der Waals surface area contributed by atoms with Crippen molar-refractivity contribution in [2.75, 3.05) is 25.5 Å². The van der Waals surface area contributed by atoms with Crippen molar-refractivity contribution in [2.24, 2.45) is 0 Å². The minimum absolute atomic E-state index is 0.107. The Hall–Kier alpha value is -2.57. The van der Waals surface area contributed by atoms with E-state index in [0.29, 0.717) is 10.7 Å². The maximum absolute atomic E-state index is 12.2. The second kappa shape index (κ2) is 10.1. The van der Waals surface area contributed by atoms with Gasteiger partial charge in [-0.05, 0) is 36.2 Å². The normalized spacial score (nSPS) is 10.3. The van der Waals surface area contributed by atoms with Crippen molar-refractivity contribution in [3.63, 3.8) is 0 Å². The molecule has 2 amide bonds. The van der Waals surface area contributed by atoms with E-state index in [-0.39, 0.29) is 23.0 Å². The molecule has 0 aliphatic heterocycles. The summed E-state index contributed by atoms with van der Waals surface area (Å²) in [5, 5.41) is 3.29. The molecule has 0 saturated heterocycles. The number of ether oxygens (including phenoxy) is 1. The number of halogens is 2. The molecule has 0 fully saturated rings. The van der Waals surface area contributed by atoms with Crippen LogP contribution in [-0.2, 0) is 20.7 Å². The number of benzene rings is 2. The molecule has 0 aromatic heterocycles. The van der Waals surface area contributed by atoms with Crippen LogP contribution in [0.25, 0.3) is 0 Å². The van der Waals surface area contributed by atoms with Crippen molar-refractivity contribution >= 4 is 46.7 Å². The van der Waals surface area contributed by atoms with E-state index in [0.717, 1.165) is 12.0 Å². The van der Waals surface area contributed by atoms with Crippen molar-refractivity contribution in [2.45, 2.75) is 13.3 Å². The summed E-state index contributed by atoms with van der Waals surface area (Å²) in [4.78, 5) is 37.6. The second-order valence-electron chi connectivity index (χ2n) is 6.01. The zero-order valence-electron chi connectivity index (χ0n) is 15.5. The Balaban J connectivity index is 1.86. The summed E-state index contributed by atoms with van der Waals surface area (Å²) in [6.07, 6.45) is 0.772. The van der Waals surface area contributed by atoms with Gasteiger partial charge in [0.1, 0.15) is 0 Å². The first-order chi connectivity index (χ1) is 13.3. The monoisotopic (exact) mass is 422 g/mol. The lowest BCUT2D eigenvalue weighted by atomic mass is 10.1. The van der Waals surface area contributed by atoms with Crippen LogP contribution in [0.2, 0.25) is 10.0 Å². The molecule has 0 saturated carbocycles. The van der Waals surface area contributed by atoms with Crippen LogP contribution in [0.3, 0.4) is 0 Å². The molecule has 0 aliphatic carbocycles. The number of hydrogen-bond acceptors (Lipinski definition) is 4. The molecule has 28 heavy (non-hydrogen) atoms. The summed E-state index contributed by atoms with van der Waals surface area (Å²) >= 11 is 11.7. The van der Waals surface area contributed by atoms with Crippen molar-refractivity contribution in [3.05, 3.63) is 63.6 Å². The van der Waals surface area contributed by atoms with Crippen LogP contribution < -0.4 is 5.32 Å². The number of nitrogens with one attached hydrogen (secondary N) is 1. The summed E-state index contributed by atoms with van der Waals surface area (Å²) in [5.74, 6) is -1.61. The fraction of sp³-hybridized carbons (Fsp3) is 0.250. The predicted octanol–water partition coefficient (Wildman–Crippen LogP) is 3.81. The quantitative estimate of drug-likeness (QED) is 0.688. The predicted molar refractivity (Wildman–Crippen MR) is 109 cm³/mol. The number of nitrogens with zero attached hydrogens (tertiary/aromatic N) is 1. The van der Waals surface area contributed by atoms with Gasteiger partial charge in [0.25, 0.3) is 5.91 Å². The van der Waals surface area contributed by atoms with Crippen LogP contribution in [0.4, 0.5) is 5.69 Å². The topological polar surface area (TPSA) is 75.7 Å². The number of carbonyl (C=O) groups excluding carboxylic acids is 3. The molecule has 0 radical (unpaired) electrons. The van der Waals surface area contributed by atoms with Gasteiger partial charge in [0.2, 0.25) is 5.91 Å². The highest BCUT2D eigenvalue weighted by Crippen LogP contribution is 2.21. The first-order valence-corrected chi connectivity index (χ1v) is 9.31. The van der Waals surface area contributed by atoms with Crippen molar-refractivity contribution in [1.82, 2.24) is 4.90 Å². The van der Waals surface area contributed by atoms with Gasteiger partial charge in [-0.25, -0.2) is 4.79 Å². The molecule has 0 bridgehead atoms. The molecule has 0 atom stereocenters. The number of likely N-dealkylation sites (N-methyl/N-ethyl adjacent to an activating group) is 1. The molecule has 148 valence electrons. The van der Waals surface area contributed by atoms with Gasteiger partial charge in [0, 0.05) is 17.8 Å². The maximum Gasteiger partial charge on any atom is 0.340 e. The number of carbonyl (C=O) groups is 3. The van der Waals surface area contributed by atoms with Gasteiger partial charge >= 0.3 is 5.97 Å². The number of para-hydroxylation sites is 1. The zero-order chi connectivity index (χ0) is 20.7. The van der Waals surface area contributed by atoms with E-state index in [4.69, 9.17) is 27.9 Å². The number of amides is 2.